The Bertz CT molecular complexity index is 690. The number of quaternary nitrogens is 1. The van der Waals surface area contributed by atoms with E-state index in [9.17, 15) is 14.7 Å². The fourth-order valence-electron chi connectivity index (χ4n) is 2.39. The van der Waals surface area contributed by atoms with Gasteiger partial charge in [0.05, 0.1) is 20.1 Å². The van der Waals surface area contributed by atoms with Crippen molar-refractivity contribution in [2.75, 3.05) is 27.3 Å². The number of nitrogens with two attached hydrogens (primary N) is 1. The second-order valence-electron chi connectivity index (χ2n) is 6.59. The Morgan fingerprint density at radius 2 is 1.25 bits per heavy atom. The first-order chi connectivity index (χ1) is 13.2. The maximum absolute atomic E-state index is 10.5. The van der Waals surface area contributed by atoms with Crippen LogP contribution in [-0.2, 0) is 15.0 Å². The van der Waals surface area contributed by atoms with Gasteiger partial charge >= 0.3 is 5.97 Å². The van der Waals surface area contributed by atoms with Crippen LogP contribution in [0.1, 0.15) is 25.0 Å². The van der Waals surface area contributed by atoms with Gasteiger partial charge in [0.25, 0.3) is 0 Å². The molecule has 152 valence electrons. The number of carbonyl (C=O) groups excluding carboxylic acids is 1. The van der Waals surface area contributed by atoms with Gasteiger partial charge in [-0.1, -0.05) is 38.1 Å². The molecule has 0 atom stereocenters. The predicted octanol–water partition coefficient (Wildman–Crippen LogP) is 0.414. The second-order valence-corrected chi connectivity index (χ2v) is 6.59. The van der Waals surface area contributed by atoms with Gasteiger partial charge in [0.15, 0.2) is 6.61 Å². The largest absolute Gasteiger partial charge is 0.546 e. The van der Waals surface area contributed by atoms with Crippen LogP contribution in [0.15, 0.2) is 48.5 Å². The van der Waals surface area contributed by atoms with Crippen LogP contribution >= 0.6 is 0 Å². The molecule has 2 aromatic rings. The van der Waals surface area contributed by atoms with E-state index in [4.69, 9.17) is 14.6 Å². The lowest BCUT2D eigenvalue weighted by atomic mass is 9.78. The van der Waals surface area contributed by atoms with Crippen molar-refractivity contribution >= 4 is 11.9 Å². The molecule has 0 aliphatic heterocycles. The number of carboxylic acid groups (broad SMARTS) is 2. The molecule has 3 N–H and O–H groups in total. The van der Waals surface area contributed by atoms with Crippen LogP contribution in [0.25, 0.3) is 0 Å². The third-order valence-electron chi connectivity index (χ3n) is 3.87. The summed E-state index contributed by atoms with van der Waals surface area (Å²) in [4.78, 5) is 20.9. The van der Waals surface area contributed by atoms with Gasteiger partial charge in [0, 0.05) is 5.41 Å². The molecule has 7 heteroatoms. The zero-order valence-electron chi connectivity index (χ0n) is 16.6. The molecular formula is C21H27NO6. The quantitative estimate of drug-likeness (QED) is 0.676. The van der Waals surface area contributed by atoms with Gasteiger partial charge < -0.3 is 29.8 Å². The van der Waals surface area contributed by atoms with Gasteiger partial charge in [-0.25, -0.2) is 4.79 Å². The molecule has 0 fully saturated rings. The molecule has 7 nitrogen and oxygen atoms in total. The van der Waals surface area contributed by atoms with Gasteiger partial charge in [0.1, 0.15) is 18.1 Å². The number of ether oxygens (including phenoxy) is 2. The lowest BCUT2D eigenvalue weighted by Crippen LogP contribution is -2.74. The summed E-state index contributed by atoms with van der Waals surface area (Å²) in [7, 11) is 4.00. The summed E-state index contributed by atoms with van der Waals surface area (Å²) in [6.45, 7) is 3.24. The maximum Gasteiger partial charge on any atom is 0.341 e. The predicted molar refractivity (Wildman–Crippen MR) is 102 cm³/mol. The Balaban J connectivity index is 0.00000122. The molecule has 0 heterocycles. The minimum absolute atomic E-state index is 0.307. The van der Waals surface area contributed by atoms with E-state index in [1.54, 1.807) is 24.3 Å². The lowest BCUT2D eigenvalue weighted by molar-refractivity contribution is -0.597. The average Bonchev–Trinajstić information content (AvgIpc) is 2.66. The number of carboxylic acids is 2. The fourth-order valence-corrected chi connectivity index (χ4v) is 2.39. The first kappa shape index (κ1) is 23.0. The topological polar surface area (TPSA) is 112 Å². The Labute approximate surface area is 164 Å². The third-order valence-corrected chi connectivity index (χ3v) is 3.87. The van der Waals surface area contributed by atoms with E-state index in [1.807, 2.05) is 43.7 Å². The molecule has 0 spiro atoms. The van der Waals surface area contributed by atoms with Crippen LogP contribution in [0.2, 0.25) is 0 Å². The minimum Gasteiger partial charge on any atom is -0.546 e. The molecule has 0 aliphatic rings. The molecule has 2 rings (SSSR count). The van der Waals surface area contributed by atoms with Crippen molar-refractivity contribution in [3.63, 3.8) is 0 Å². The summed E-state index contributed by atoms with van der Waals surface area (Å²) in [5.41, 5.74) is 1.74. The first-order valence-corrected chi connectivity index (χ1v) is 8.83. The summed E-state index contributed by atoms with van der Waals surface area (Å²) >= 11 is 0. The molecule has 2 aromatic carbocycles. The van der Waals surface area contributed by atoms with E-state index in [-0.39, 0.29) is 12.0 Å². The van der Waals surface area contributed by atoms with Crippen LogP contribution < -0.4 is 19.9 Å². The molecular weight excluding hydrogens is 362 g/mol. The molecule has 0 radical (unpaired) electrons. The highest BCUT2D eigenvalue weighted by Gasteiger charge is 2.23. The highest BCUT2D eigenvalue weighted by Crippen LogP contribution is 2.33. The number of rotatable bonds is 8. The van der Waals surface area contributed by atoms with E-state index in [1.165, 1.54) is 0 Å². The van der Waals surface area contributed by atoms with Crippen molar-refractivity contribution in [3.05, 3.63) is 59.7 Å². The van der Waals surface area contributed by atoms with Gasteiger partial charge in [-0.05, 0) is 35.4 Å². The lowest BCUT2D eigenvalue weighted by Gasteiger charge is -2.26. The number of hydrogen-bond donors (Lipinski definition) is 2. The summed E-state index contributed by atoms with van der Waals surface area (Å²) in [5, 5.41) is 21.0. The summed E-state index contributed by atoms with van der Waals surface area (Å²) in [6, 6.07) is 14.4. The van der Waals surface area contributed by atoms with E-state index < -0.39 is 18.5 Å². The number of benzene rings is 2. The molecule has 0 amide bonds. The molecule has 28 heavy (non-hydrogen) atoms. The van der Waals surface area contributed by atoms with Crippen molar-refractivity contribution < 1.29 is 34.6 Å². The first-order valence-electron chi connectivity index (χ1n) is 8.83. The van der Waals surface area contributed by atoms with Crippen LogP contribution in [0.3, 0.4) is 0 Å². The van der Waals surface area contributed by atoms with Gasteiger partial charge in [0.2, 0.25) is 0 Å². The van der Waals surface area contributed by atoms with Crippen molar-refractivity contribution in [1.82, 2.24) is 0 Å². The zero-order chi connectivity index (χ0) is 21.2. The van der Waals surface area contributed by atoms with Crippen molar-refractivity contribution in [3.8, 4) is 11.5 Å². The number of aliphatic carboxylic acids is 2. The number of carbonyl (C=O) groups is 2. The Morgan fingerprint density at radius 1 is 0.893 bits per heavy atom. The standard InChI is InChI=1S/C19H20O6.C2H7N/c1-19(2,13-3-7-15(8-4-13)24-11-17(20)21)14-5-9-16(10-6-14)25-12-18(22)23;1-3-2/h3-10H,11-12H2,1-2H3,(H,20,21)(H,22,23);3H,1-2H3. The normalized spacial score (nSPS) is 10.4. The highest BCUT2D eigenvalue weighted by molar-refractivity contribution is 5.68. The summed E-state index contributed by atoms with van der Waals surface area (Å²) < 4.78 is 10.2. The zero-order valence-corrected chi connectivity index (χ0v) is 16.6. The molecule has 0 unspecified atom stereocenters. The van der Waals surface area contributed by atoms with E-state index in [0.29, 0.717) is 11.5 Å². The molecule has 0 aliphatic carbocycles. The van der Waals surface area contributed by atoms with Gasteiger partial charge in [-0.15, -0.1) is 0 Å². The minimum atomic E-state index is -1.27. The third kappa shape index (κ3) is 7.28. The monoisotopic (exact) mass is 389 g/mol. The smallest absolute Gasteiger partial charge is 0.341 e. The second kappa shape index (κ2) is 10.9. The van der Waals surface area contributed by atoms with E-state index in [0.717, 1.165) is 11.1 Å². The van der Waals surface area contributed by atoms with E-state index >= 15 is 0 Å². The molecule has 0 aromatic heterocycles. The summed E-state index contributed by atoms with van der Waals surface area (Å²) in [6.07, 6.45) is 0. The van der Waals surface area contributed by atoms with Crippen LogP contribution in [0.5, 0.6) is 11.5 Å². The van der Waals surface area contributed by atoms with Crippen LogP contribution in [0, 0.1) is 0 Å². The van der Waals surface area contributed by atoms with Crippen molar-refractivity contribution in [2.45, 2.75) is 19.3 Å². The highest BCUT2D eigenvalue weighted by atomic mass is 16.5. The molecule has 0 bridgehead atoms. The van der Waals surface area contributed by atoms with Gasteiger partial charge in [-0.3, -0.25) is 0 Å². The Hall–Kier alpha value is -3.06. The Morgan fingerprint density at radius 3 is 1.57 bits per heavy atom. The maximum atomic E-state index is 10.5. The van der Waals surface area contributed by atoms with Crippen LogP contribution in [-0.4, -0.2) is 44.4 Å². The Kier molecular flexibility index (Phi) is 8.98. The molecule has 0 saturated heterocycles. The fraction of sp³-hybridized carbons (Fsp3) is 0.333. The van der Waals surface area contributed by atoms with Crippen molar-refractivity contribution in [1.29, 1.82) is 0 Å². The van der Waals surface area contributed by atoms with Gasteiger partial charge in [-0.2, -0.15) is 0 Å². The van der Waals surface area contributed by atoms with E-state index in [2.05, 4.69) is 13.8 Å². The average molecular weight is 389 g/mol. The van der Waals surface area contributed by atoms with Crippen LogP contribution in [0.4, 0.5) is 0 Å². The SMILES string of the molecule is CC(C)(c1ccc(OCC(=O)[O-])cc1)c1ccc(OCC(=O)O)cc1.C[NH2+]C. The van der Waals surface area contributed by atoms with Crippen molar-refractivity contribution in [2.24, 2.45) is 0 Å². The number of hydrogen-bond acceptors (Lipinski definition) is 5. The molecule has 0 saturated carbocycles. The summed E-state index contributed by atoms with van der Waals surface area (Å²) in [5.74, 6) is -1.34.